The third-order valence-corrected chi connectivity index (χ3v) is 5.23. The van der Waals surface area contributed by atoms with Gasteiger partial charge < -0.3 is 15.7 Å². The Morgan fingerprint density at radius 1 is 1.33 bits per heavy atom. The van der Waals surface area contributed by atoms with E-state index in [1.807, 2.05) is 17.5 Å². The van der Waals surface area contributed by atoms with Crippen molar-refractivity contribution in [2.45, 2.75) is 25.5 Å². The molecule has 0 bridgehead atoms. The van der Waals surface area contributed by atoms with Crippen LogP contribution in [0.5, 0.6) is 0 Å². The average Bonchev–Trinajstić information content (AvgIpc) is 3.25. The molecular formula is C17H19N5OS. The third-order valence-electron chi connectivity index (χ3n) is 4.23. The van der Waals surface area contributed by atoms with Gasteiger partial charge in [-0.05, 0) is 37.4 Å². The van der Waals surface area contributed by atoms with Crippen molar-refractivity contribution in [1.82, 2.24) is 20.3 Å². The van der Waals surface area contributed by atoms with Gasteiger partial charge in [-0.1, -0.05) is 0 Å². The van der Waals surface area contributed by atoms with Crippen LogP contribution >= 0.6 is 11.3 Å². The Bertz CT molecular complexity index is 843. The molecule has 0 saturated carbocycles. The van der Waals surface area contributed by atoms with Gasteiger partial charge in [0.2, 0.25) is 0 Å². The number of thiophene rings is 1. The Kier molecular flexibility index (Phi) is 4.13. The van der Waals surface area contributed by atoms with Crippen molar-refractivity contribution in [3.05, 3.63) is 35.5 Å². The van der Waals surface area contributed by atoms with Gasteiger partial charge in [0.25, 0.3) is 0 Å². The lowest BCUT2D eigenvalue weighted by atomic mass is 10.1. The molecule has 6 nitrogen and oxygen atoms in total. The second-order valence-corrected chi connectivity index (χ2v) is 6.89. The van der Waals surface area contributed by atoms with E-state index in [4.69, 9.17) is 9.97 Å². The fourth-order valence-corrected chi connectivity index (χ4v) is 3.98. The standard InChI is InChI=1S/C17H19N5OS/c1-10(23)13-9-24-15-14(13)21-16(11-2-5-18-6-3-11)22-17(15)20-12-4-7-19-8-12/h2-3,5-6,9-10,12,19,23H,4,7-8H2,1H3,(H,20,21,22)/t10-,12+/m0/s1. The average molecular weight is 341 g/mol. The molecule has 7 heteroatoms. The SMILES string of the molecule is C[C@H](O)c1csc2c(N[C@@H]3CCNC3)nc(-c3ccncc3)nc12. The van der Waals surface area contributed by atoms with Gasteiger partial charge in [0.15, 0.2) is 5.82 Å². The zero-order chi connectivity index (χ0) is 16.5. The molecule has 24 heavy (non-hydrogen) atoms. The predicted octanol–water partition coefficient (Wildman–Crippen LogP) is 2.58. The highest BCUT2D eigenvalue weighted by atomic mass is 32.1. The normalized spacial score (nSPS) is 18.8. The molecule has 3 aromatic heterocycles. The van der Waals surface area contributed by atoms with Crippen LogP contribution < -0.4 is 10.6 Å². The first kappa shape index (κ1) is 15.4. The molecule has 0 unspecified atom stereocenters. The van der Waals surface area contributed by atoms with E-state index in [-0.39, 0.29) is 0 Å². The van der Waals surface area contributed by atoms with E-state index in [1.54, 1.807) is 30.7 Å². The predicted molar refractivity (Wildman–Crippen MR) is 96.2 cm³/mol. The number of pyridine rings is 1. The van der Waals surface area contributed by atoms with Gasteiger partial charge in [0, 0.05) is 36.1 Å². The second kappa shape index (κ2) is 6.43. The summed E-state index contributed by atoms with van der Waals surface area (Å²) in [5.41, 5.74) is 2.59. The first-order valence-electron chi connectivity index (χ1n) is 8.07. The van der Waals surface area contributed by atoms with E-state index < -0.39 is 6.10 Å². The number of hydrogen-bond acceptors (Lipinski definition) is 7. The smallest absolute Gasteiger partial charge is 0.162 e. The van der Waals surface area contributed by atoms with Gasteiger partial charge in [-0.2, -0.15) is 0 Å². The first-order valence-corrected chi connectivity index (χ1v) is 8.95. The van der Waals surface area contributed by atoms with E-state index >= 15 is 0 Å². The van der Waals surface area contributed by atoms with E-state index in [9.17, 15) is 5.11 Å². The Hall–Kier alpha value is -2.09. The summed E-state index contributed by atoms with van der Waals surface area (Å²) in [6.07, 6.45) is 3.99. The lowest BCUT2D eigenvalue weighted by Gasteiger charge is -2.14. The molecule has 2 atom stereocenters. The minimum Gasteiger partial charge on any atom is -0.389 e. The zero-order valence-corrected chi connectivity index (χ0v) is 14.2. The number of hydrogen-bond donors (Lipinski definition) is 3. The molecule has 0 radical (unpaired) electrons. The summed E-state index contributed by atoms with van der Waals surface area (Å²) in [6.45, 7) is 3.72. The number of fused-ring (bicyclic) bond motifs is 1. The van der Waals surface area contributed by atoms with Crippen LogP contribution in [0.15, 0.2) is 29.9 Å². The Balaban J connectivity index is 1.85. The van der Waals surface area contributed by atoms with Gasteiger partial charge in [-0.3, -0.25) is 4.98 Å². The van der Waals surface area contributed by atoms with Crippen molar-refractivity contribution < 1.29 is 5.11 Å². The number of aliphatic hydroxyl groups excluding tert-OH is 1. The molecule has 1 fully saturated rings. The van der Waals surface area contributed by atoms with Crippen LogP contribution in [0.3, 0.4) is 0 Å². The topological polar surface area (TPSA) is 83.0 Å². The fourth-order valence-electron chi connectivity index (χ4n) is 2.93. The summed E-state index contributed by atoms with van der Waals surface area (Å²) in [4.78, 5) is 13.5. The van der Waals surface area contributed by atoms with Gasteiger partial charge in [-0.25, -0.2) is 9.97 Å². The van der Waals surface area contributed by atoms with Crippen molar-refractivity contribution in [3.8, 4) is 11.4 Å². The summed E-state index contributed by atoms with van der Waals surface area (Å²) in [7, 11) is 0. The van der Waals surface area contributed by atoms with Gasteiger partial charge >= 0.3 is 0 Å². The van der Waals surface area contributed by atoms with Crippen molar-refractivity contribution in [3.63, 3.8) is 0 Å². The quantitative estimate of drug-likeness (QED) is 0.676. The molecule has 3 aromatic rings. The number of anilines is 1. The van der Waals surface area contributed by atoms with Crippen molar-refractivity contribution in [1.29, 1.82) is 0 Å². The first-order chi connectivity index (χ1) is 11.7. The molecule has 0 aliphatic carbocycles. The molecular weight excluding hydrogens is 322 g/mol. The largest absolute Gasteiger partial charge is 0.389 e. The number of nitrogens with one attached hydrogen (secondary N) is 2. The van der Waals surface area contributed by atoms with Crippen LogP contribution in [-0.2, 0) is 0 Å². The van der Waals surface area contributed by atoms with Crippen LogP contribution in [0.4, 0.5) is 5.82 Å². The monoisotopic (exact) mass is 341 g/mol. The third kappa shape index (κ3) is 2.86. The van der Waals surface area contributed by atoms with Gasteiger partial charge in [0.1, 0.15) is 5.82 Å². The molecule has 0 amide bonds. The van der Waals surface area contributed by atoms with Crippen LogP contribution in [0, 0.1) is 0 Å². The van der Waals surface area contributed by atoms with Crippen molar-refractivity contribution in [2.24, 2.45) is 0 Å². The number of aromatic nitrogens is 3. The lowest BCUT2D eigenvalue weighted by molar-refractivity contribution is 0.201. The minimum absolute atomic E-state index is 0.366. The summed E-state index contributed by atoms with van der Waals surface area (Å²) in [5.74, 6) is 1.50. The maximum absolute atomic E-state index is 10.1. The molecule has 0 spiro atoms. The number of aliphatic hydroxyl groups is 1. The van der Waals surface area contributed by atoms with Crippen LogP contribution in [0.1, 0.15) is 25.0 Å². The molecule has 1 aliphatic heterocycles. The van der Waals surface area contributed by atoms with Crippen LogP contribution in [-0.4, -0.2) is 39.2 Å². The maximum atomic E-state index is 10.1. The molecule has 4 heterocycles. The Morgan fingerprint density at radius 2 is 2.17 bits per heavy atom. The van der Waals surface area contributed by atoms with Gasteiger partial charge in [0.05, 0.1) is 16.3 Å². The molecule has 4 rings (SSSR count). The maximum Gasteiger partial charge on any atom is 0.162 e. The highest BCUT2D eigenvalue weighted by Crippen LogP contribution is 2.35. The molecule has 1 aliphatic rings. The fraction of sp³-hybridized carbons (Fsp3) is 0.353. The summed E-state index contributed by atoms with van der Waals surface area (Å²) in [6, 6.07) is 4.16. The molecule has 124 valence electrons. The molecule has 1 saturated heterocycles. The summed E-state index contributed by atoms with van der Waals surface area (Å²) >= 11 is 1.58. The molecule has 0 aromatic carbocycles. The van der Waals surface area contributed by atoms with Crippen LogP contribution in [0.25, 0.3) is 21.6 Å². The van der Waals surface area contributed by atoms with Crippen molar-refractivity contribution in [2.75, 3.05) is 18.4 Å². The Labute approximate surface area is 144 Å². The highest BCUT2D eigenvalue weighted by molar-refractivity contribution is 7.18. The highest BCUT2D eigenvalue weighted by Gasteiger charge is 2.20. The van der Waals surface area contributed by atoms with E-state index in [0.29, 0.717) is 11.9 Å². The number of nitrogens with zero attached hydrogens (tertiary/aromatic N) is 3. The minimum atomic E-state index is -0.556. The zero-order valence-electron chi connectivity index (χ0n) is 13.4. The summed E-state index contributed by atoms with van der Waals surface area (Å²) in [5, 5.41) is 18.9. The van der Waals surface area contributed by atoms with E-state index in [1.165, 1.54) is 0 Å². The second-order valence-electron chi connectivity index (χ2n) is 6.01. The van der Waals surface area contributed by atoms with E-state index in [2.05, 4.69) is 15.6 Å². The Morgan fingerprint density at radius 3 is 2.88 bits per heavy atom. The van der Waals surface area contributed by atoms with E-state index in [0.717, 1.165) is 46.7 Å². The van der Waals surface area contributed by atoms with Crippen molar-refractivity contribution >= 4 is 27.4 Å². The van der Waals surface area contributed by atoms with Crippen LogP contribution in [0.2, 0.25) is 0 Å². The lowest BCUT2D eigenvalue weighted by Crippen LogP contribution is -2.23. The summed E-state index contributed by atoms with van der Waals surface area (Å²) < 4.78 is 0.996. The number of rotatable bonds is 4. The van der Waals surface area contributed by atoms with Gasteiger partial charge in [-0.15, -0.1) is 11.3 Å². The molecule has 3 N–H and O–H groups in total.